The topological polar surface area (TPSA) is 202 Å². The highest BCUT2D eigenvalue weighted by Gasteiger charge is 1.97. The van der Waals surface area contributed by atoms with E-state index < -0.39 is 5.97 Å². The molecule has 80 heavy (non-hydrogen) atoms. The Labute approximate surface area is 489 Å². The largest absolute Gasteiger partial charge is 0.483 e. The van der Waals surface area contributed by atoms with Crippen molar-refractivity contribution in [1.82, 2.24) is 0 Å². The van der Waals surface area contributed by atoms with E-state index >= 15 is 0 Å². The van der Waals surface area contributed by atoms with Gasteiger partial charge in [-0.2, -0.15) is 0 Å². The third kappa shape index (κ3) is 116. The lowest BCUT2D eigenvalue weighted by atomic mass is 10.1. The Bertz CT molecular complexity index is 1300. The Hall–Kier alpha value is -5.52. The number of rotatable bonds is 39. The minimum absolute atomic E-state index is 0.250. The summed E-state index contributed by atoms with van der Waals surface area (Å²) in [5, 5.41) is 29.1. The number of benzene rings is 3. The van der Waals surface area contributed by atoms with E-state index in [1.807, 2.05) is 72.8 Å². The maximum absolute atomic E-state index is 10.2. The van der Waals surface area contributed by atoms with E-state index in [2.05, 4.69) is 51.0 Å². The quantitative estimate of drug-likeness (QED) is 0.0311. The van der Waals surface area contributed by atoms with E-state index in [0.29, 0.717) is 31.7 Å². The molecule has 3 rings (SSSR count). The molecule has 0 aliphatic rings. The van der Waals surface area contributed by atoms with Crippen LogP contribution in [-0.2, 0) is 33.4 Å². The van der Waals surface area contributed by atoms with Crippen molar-refractivity contribution in [1.29, 1.82) is 0 Å². The van der Waals surface area contributed by atoms with Gasteiger partial charge >= 0.3 is 5.97 Å². The second kappa shape index (κ2) is 98.9. The number of ether oxygens (including phenoxy) is 2. The molecule has 0 heterocycles. The van der Waals surface area contributed by atoms with E-state index in [9.17, 15) is 14.4 Å². The van der Waals surface area contributed by atoms with Gasteiger partial charge in [0.25, 0.3) is 32.4 Å². The highest BCUT2D eigenvalue weighted by Crippen LogP contribution is 2.12. The van der Waals surface area contributed by atoms with Gasteiger partial charge in [0.2, 0.25) is 0 Å². The molecule has 0 aliphatic carbocycles. The van der Waals surface area contributed by atoms with Crippen molar-refractivity contribution in [3.63, 3.8) is 0 Å². The molecule has 3 aromatic rings. The fraction of sp³-hybridized carbons (Fsp3) is 0.647. The molecule has 0 amide bonds. The number of carboxylic acid groups (broad SMARTS) is 4. The molecule has 12 heteroatoms. The molecular formula is C68H120O12. The first-order valence-corrected chi connectivity index (χ1v) is 30.8. The average molecular weight is 1130 g/mol. The summed E-state index contributed by atoms with van der Waals surface area (Å²) >= 11 is 0. The van der Waals surface area contributed by atoms with Crippen LogP contribution in [0, 0.1) is 0 Å². The lowest BCUT2D eigenvalue weighted by Gasteiger charge is -2.01. The summed E-state index contributed by atoms with van der Waals surface area (Å²) in [4.78, 5) is 54.9. The molecule has 0 saturated carbocycles. The van der Waals surface area contributed by atoms with Gasteiger partial charge in [-0.3, -0.25) is 24.0 Å². The molecule has 0 aromatic heterocycles. The van der Waals surface area contributed by atoms with Crippen molar-refractivity contribution in [2.24, 2.45) is 0 Å². The maximum Gasteiger partial charge on any atom is 0.335 e. The van der Waals surface area contributed by atoms with E-state index in [1.165, 1.54) is 218 Å². The zero-order valence-electron chi connectivity index (χ0n) is 51.6. The minimum atomic E-state index is -0.879. The van der Waals surface area contributed by atoms with E-state index in [-0.39, 0.29) is 19.4 Å². The monoisotopic (exact) mass is 1130 g/mol. The first kappa shape index (κ1) is 88.3. The average Bonchev–Trinajstić information content (AvgIpc) is 3.48. The van der Waals surface area contributed by atoms with Crippen LogP contribution in [0.5, 0.6) is 0 Å². The zero-order valence-corrected chi connectivity index (χ0v) is 51.6. The molecule has 0 saturated heterocycles. The van der Waals surface area contributed by atoms with E-state index in [1.54, 1.807) is 30.3 Å². The molecule has 0 unspecified atom stereocenters. The minimum Gasteiger partial charge on any atom is -0.483 e. The summed E-state index contributed by atoms with van der Waals surface area (Å²) in [5.41, 5.74) is 0.331. The van der Waals surface area contributed by atoms with Crippen LogP contribution in [-0.4, -0.2) is 72.0 Å². The Morgan fingerprint density at radius 1 is 0.300 bits per heavy atom. The zero-order chi connectivity index (χ0) is 61.0. The number of carboxylic acids is 1. The fourth-order valence-corrected chi connectivity index (χ4v) is 7.21. The van der Waals surface area contributed by atoms with Crippen molar-refractivity contribution < 1.29 is 58.7 Å². The van der Waals surface area contributed by atoms with Crippen LogP contribution in [0.1, 0.15) is 283 Å². The Kier molecular flexibility index (Phi) is 109. The molecule has 0 fully saturated rings. The van der Waals surface area contributed by atoms with Gasteiger partial charge in [0.1, 0.15) is 0 Å². The standard InChI is InChI=1S/2C12H24O2.2C11H24.C7H6O2.2C6H6.3CH2O2/c2*1-2-3-4-5-6-7-8-9-10-11-14-12-13;2*1-3-5-7-9-11-10-8-6-4-2;8-7(9)6-4-2-1-3-5-6;2*1-2-4-6-5-3-1;3*2-1-3/h2*12H,2-11H2,1H3;2*3-11H2,1-2H3;1-5H,(H,8,9);2*1-6H;3*1H,(H,2,3). The van der Waals surface area contributed by atoms with Crippen molar-refractivity contribution >= 4 is 38.3 Å². The number of carbonyl (C=O) groups is 6. The Morgan fingerprint density at radius 2 is 0.450 bits per heavy atom. The first-order valence-electron chi connectivity index (χ1n) is 30.8. The van der Waals surface area contributed by atoms with Crippen LogP contribution >= 0.6 is 0 Å². The summed E-state index contributed by atoms with van der Waals surface area (Å²) in [6.45, 7) is 15.1. The second-order valence-electron chi connectivity index (χ2n) is 18.8. The maximum atomic E-state index is 10.2. The summed E-state index contributed by atoms with van der Waals surface area (Å²) in [6, 6.07) is 32.3. The van der Waals surface area contributed by atoms with Gasteiger partial charge in [-0.1, -0.05) is 351 Å². The van der Waals surface area contributed by atoms with Gasteiger partial charge < -0.3 is 29.9 Å². The normalized spacial score (nSPS) is 9.03. The molecule has 0 radical (unpaired) electrons. The summed E-state index contributed by atoms with van der Waals surface area (Å²) in [6.07, 6.45) is 49.3. The van der Waals surface area contributed by atoms with E-state index in [0.717, 1.165) is 12.8 Å². The number of hydrogen-bond donors (Lipinski definition) is 4. The molecular weight excluding hydrogens is 1010 g/mol. The SMILES string of the molecule is CCCCCCCCCCC.CCCCCCCCCCC.CCCCCCCCCCCOC=O.CCCCCCCCCCCOC=O.O=C(O)c1ccccc1.O=CO.O=CO.O=CO.c1ccccc1.c1ccccc1. The van der Waals surface area contributed by atoms with Crippen molar-refractivity contribution in [3.8, 4) is 0 Å². The molecule has 0 bridgehead atoms. The number of aromatic carboxylic acids is 1. The first-order chi connectivity index (χ1) is 39.2. The van der Waals surface area contributed by atoms with Crippen molar-refractivity contribution in [2.45, 2.75) is 273 Å². The molecule has 12 nitrogen and oxygen atoms in total. The van der Waals surface area contributed by atoms with Crippen LogP contribution in [0.4, 0.5) is 0 Å². The summed E-state index contributed by atoms with van der Waals surface area (Å²) in [7, 11) is 0. The predicted molar refractivity (Wildman–Crippen MR) is 337 cm³/mol. The van der Waals surface area contributed by atoms with Gasteiger partial charge in [0.05, 0.1) is 18.8 Å². The predicted octanol–water partition coefficient (Wildman–Crippen LogP) is 20.3. The van der Waals surface area contributed by atoms with Crippen LogP contribution < -0.4 is 0 Å². The third-order valence-electron chi connectivity index (χ3n) is 11.6. The molecule has 4 N–H and O–H groups in total. The number of unbranched alkanes of at least 4 members (excludes halogenated alkanes) is 32. The third-order valence-corrected chi connectivity index (χ3v) is 11.6. The smallest absolute Gasteiger partial charge is 0.335 e. The Balaban J connectivity index is -0.000000153. The van der Waals surface area contributed by atoms with Gasteiger partial charge in [-0.05, 0) is 25.0 Å². The molecule has 464 valence electrons. The van der Waals surface area contributed by atoms with Crippen molar-refractivity contribution in [3.05, 3.63) is 109 Å². The van der Waals surface area contributed by atoms with Crippen molar-refractivity contribution in [2.75, 3.05) is 13.2 Å². The van der Waals surface area contributed by atoms with E-state index in [4.69, 9.17) is 34.8 Å². The number of hydrogen-bond acceptors (Lipinski definition) is 8. The number of carbonyl (C=O) groups excluding carboxylic acids is 2. The van der Waals surface area contributed by atoms with Gasteiger partial charge in [0.15, 0.2) is 0 Å². The van der Waals surface area contributed by atoms with Gasteiger partial charge in [-0.15, -0.1) is 0 Å². The highest BCUT2D eigenvalue weighted by atomic mass is 16.5. The van der Waals surface area contributed by atoms with Crippen LogP contribution in [0.2, 0.25) is 0 Å². The molecule has 0 atom stereocenters. The van der Waals surface area contributed by atoms with Crippen LogP contribution in [0.3, 0.4) is 0 Å². The van der Waals surface area contributed by atoms with Crippen LogP contribution in [0.15, 0.2) is 103 Å². The molecule has 0 aliphatic heterocycles. The highest BCUT2D eigenvalue weighted by molar-refractivity contribution is 5.87. The summed E-state index contributed by atoms with van der Waals surface area (Å²) in [5.74, 6) is -0.879. The second-order valence-corrected chi connectivity index (χ2v) is 18.8. The molecule has 0 spiro atoms. The fourth-order valence-electron chi connectivity index (χ4n) is 7.21. The summed E-state index contributed by atoms with van der Waals surface area (Å²) < 4.78 is 9.23. The Morgan fingerprint density at radius 3 is 0.588 bits per heavy atom. The van der Waals surface area contributed by atoms with Crippen LogP contribution in [0.25, 0.3) is 0 Å². The van der Waals surface area contributed by atoms with Gasteiger partial charge in [0, 0.05) is 0 Å². The lowest BCUT2D eigenvalue weighted by molar-refractivity contribution is -0.129. The van der Waals surface area contributed by atoms with Gasteiger partial charge in [-0.25, -0.2) is 4.79 Å². The molecule has 3 aromatic carbocycles. The lowest BCUT2D eigenvalue weighted by Crippen LogP contribution is -1.93.